The standard InChI is InChI=1S/C22H36BN4O5P/c1-3-31-33(29,32-4-2)22(25-26-24)17-20-8-10-21(11-9-20)30-16-6-5-7-19-12-14-27(15-13-19)18-23-28/h8-11,19,22H,3-7,12-18H2,1-2H3. The molecule has 1 aromatic rings. The zero-order valence-electron chi connectivity index (χ0n) is 19.8. The zero-order valence-corrected chi connectivity index (χ0v) is 20.7. The first-order chi connectivity index (χ1) is 16.0. The van der Waals surface area contributed by atoms with E-state index in [-0.39, 0.29) is 19.6 Å². The van der Waals surface area contributed by atoms with Crippen molar-refractivity contribution in [2.24, 2.45) is 11.0 Å². The minimum atomic E-state index is -3.54. The predicted molar refractivity (Wildman–Crippen MR) is 129 cm³/mol. The van der Waals surface area contributed by atoms with E-state index in [2.05, 4.69) is 14.9 Å². The van der Waals surface area contributed by atoms with Crippen LogP contribution in [0.3, 0.4) is 0 Å². The van der Waals surface area contributed by atoms with Gasteiger partial charge >= 0.3 is 111 Å². The van der Waals surface area contributed by atoms with Crippen LogP contribution in [0.15, 0.2) is 29.4 Å². The smallest absolute Gasteiger partial charge is 0.0775 e. The van der Waals surface area contributed by atoms with Crippen LogP contribution in [-0.4, -0.2) is 57.2 Å². The van der Waals surface area contributed by atoms with Gasteiger partial charge in [0.05, 0.1) is 13.2 Å². The first-order valence-electron chi connectivity index (χ1n) is 11.8. The SMILES string of the molecule is CCOP(=O)(OCC)C(Cc1ccc(OCCCCC2CCN(CB=O)CC2)cc1)N=[N+]=[N-]. The minimum absolute atomic E-state index is 0.209. The van der Waals surface area contributed by atoms with Gasteiger partial charge < -0.3 is 9.05 Å². The number of hydrogen-bond acceptors (Lipinski definition) is 7. The van der Waals surface area contributed by atoms with Crippen molar-refractivity contribution < 1.29 is 23.1 Å². The predicted octanol–water partition coefficient (Wildman–Crippen LogP) is 5.40. The van der Waals surface area contributed by atoms with Crippen LogP contribution in [0.4, 0.5) is 0 Å². The molecule has 1 saturated heterocycles. The number of hydrogen-bond donors (Lipinski definition) is 0. The number of azide groups is 1. The van der Waals surface area contributed by atoms with E-state index in [0.717, 1.165) is 50.3 Å². The van der Waals surface area contributed by atoms with E-state index < -0.39 is 13.4 Å². The van der Waals surface area contributed by atoms with Crippen LogP contribution in [0, 0.1) is 5.92 Å². The third kappa shape index (κ3) is 9.59. The van der Waals surface area contributed by atoms with E-state index in [1.54, 1.807) is 13.8 Å². The molecule has 1 aliphatic rings. The maximum absolute atomic E-state index is 13.0. The molecular weight excluding hydrogens is 442 g/mol. The van der Waals surface area contributed by atoms with Crippen molar-refractivity contribution in [3.8, 4) is 5.75 Å². The van der Waals surface area contributed by atoms with Gasteiger partial charge in [-0.1, -0.05) is 17.2 Å². The van der Waals surface area contributed by atoms with Gasteiger partial charge in [0.1, 0.15) is 5.78 Å². The summed E-state index contributed by atoms with van der Waals surface area (Å²) in [4.78, 5) is 5.06. The molecule has 1 heterocycles. The molecule has 0 spiro atoms. The summed E-state index contributed by atoms with van der Waals surface area (Å²) < 4.78 is 40.1. The molecule has 11 heteroatoms. The molecule has 0 amide bonds. The van der Waals surface area contributed by atoms with E-state index in [9.17, 15) is 9.27 Å². The van der Waals surface area contributed by atoms with Crippen molar-refractivity contribution in [1.82, 2.24) is 4.90 Å². The molecule has 0 N–H and O–H groups in total. The molecule has 1 aromatic carbocycles. The van der Waals surface area contributed by atoms with Crippen LogP contribution in [-0.2, 0) is 24.7 Å². The Balaban J connectivity index is 1.75. The Bertz CT molecular complexity index is 788. The molecule has 0 aromatic heterocycles. The third-order valence-corrected chi connectivity index (χ3v) is 8.08. The van der Waals surface area contributed by atoms with Gasteiger partial charge in [0.2, 0.25) is 0 Å². The minimum Gasteiger partial charge on any atom is -0.0775 e. The number of likely N-dealkylation sites (tertiary alicyclic amines) is 1. The molecule has 182 valence electrons. The van der Waals surface area contributed by atoms with E-state index in [1.807, 2.05) is 24.3 Å². The molecule has 9 nitrogen and oxygen atoms in total. The summed E-state index contributed by atoms with van der Waals surface area (Å²) in [6, 6.07) is 7.50. The Morgan fingerprint density at radius 3 is 2.42 bits per heavy atom. The molecule has 0 radical (unpaired) electrons. The number of rotatable bonds is 16. The molecule has 1 unspecified atom stereocenters. The van der Waals surface area contributed by atoms with Gasteiger partial charge in [-0.05, 0) is 31.4 Å². The Hall–Kier alpha value is -1.70. The Labute approximate surface area is 197 Å². The average molecular weight is 478 g/mol. The van der Waals surface area contributed by atoms with Gasteiger partial charge in [-0.15, -0.1) is 0 Å². The quantitative estimate of drug-likeness (QED) is 0.0785. The van der Waals surface area contributed by atoms with E-state index >= 15 is 0 Å². The Morgan fingerprint density at radius 1 is 1.18 bits per heavy atom. The van der Waals surface area contributed by atoms with E-state index in [4.69, 9.17) is 19.3 Å². The summed E-state index contributed by atoms with van der Waals surface area (Å²) in [5.41, 5.74) is 9.77. The summed E-state index contributed by atoms with van der Waals surface area (Å²) in [6.07, 6.45) is 6.50. The summed E-state index contributed by atoms with van der Waals surface area (Å²) >= 11 is 0. The van der Waals surface area contributed by atoms with Gasteiger partial charge in [-0.2, -0.15) is 0 Å². The molecule has 0 bridgehead atoms. The normalized spacial score (nSPS) is 16.1. The Morgan fingerprint density at radius 2 is 1.85 bits per heavy atom. The van der Waals surface area contributed by atoms with E-state index in [1.165, 1.54) is 19.3 Å². The first kappa shape index (κ1) is 27.5. The molecule has 33 heavy (non-hydrogen) atoms. The molecule has 0 aliphatic carbocycles. The summed E-state index contributed by atoms with van der Waals surface area (Å²) in [6.45, 7) is 6.58. The average Bonchev–Trinajstić information content (AvgIpc) is 2.81. The van der Waals surface area contributed by atoms with Crippen LogP contribution >= 0.6 is 7.60 Å². The van der Waals surface area contributed by atoms with Crippen LogP contribution in [0.5, 0.6) is 5.75 Å². The molecule has 2 rings (SSSR count). The topological polar surface area (TPSA) is 114 Å². The molecule has 1 fully saturated rings. The van der Waals surface area contributed by atoms with Crippen molar-refractivity contribution in [2.75, 3.05) is 39.4 Å². The number of ether oxygens (including phenoxy) is 1. The fourth-order valence-electron chi connectivity index (χ4n) is 4.07. The number of unbranched alkanes of at least 4 members (excludes halogenated alkanes) is 1. The first-order valence-corrected chi connectivity index (χ1v) is 13.5. The number of piperidine rings is 1. The van der Waals surface area contributed by atoms with Crippen LogP contribution in [0.25, 0.3) is 10.4 Å². The molecule has 1 aliphatic heterocycles. The zero-order chi connectivity index (χ0) is 23.9. The molecule has 0 saturated carbocycles. The van der Waals surface area contributed by atoms with Gasteiger partial charge in [-0.3, -0.25) is 4.57 Å². The third-order valence-electron chi connectivity index (χ3n) is 5.82. The van der Waals surface area contributed by atoms with Gasteiger partial charge in [0.25, 0.3) is 0 Å². The monoisotopic (exact) mass is 478 g/mol. The fraction of sp³-hybridized carbons (Fsp3) is 0.727. The van der Waals surface area contributed by atoms with Crippen molar-refractivity contribution >= 4 is 14.7 Å². The second-order valence-corrected chi connectivity index (χ2v) is 10.4. The van der Waals surface area contributed by atoms with Gasteiger partial charge in [0, 0.05) is 4.91 Å². The van der Waals surface area contributed by atoms with Crippen molar-refractivity contribution in [3.63, 3.8) is 0 Å². The van der Waals surface area contributed by atoms with E-state index in [0.29, 0.717) is 13.1 Å². The second kappa shape index (κ2) is 15.3. The van der Waals surface area contributed by atoms with Crippen LogP contribution in [0.2, 0.25) is 0 Å². The second-order valence-electron chi connectivity index (χ2n) is 8.16. The van der Waals surface area contributed by atoms with Crippen molar-refractivity contribution in [1.29, 1.82) is 0 Å². The van der Waals surface area contributed by atoms with Crippen molar-refractivity contribution in [2.45, 2.75) is 58.2 Å². The fourth-order valence-corrected chi connectivity index (χ4v) is 5.81. The molecule has 1 atom stereocenters. The van der Waals surface area contributed by atoms with Crippen LogP contribution < -0.4 is 4.74 Å². The molecular formula is C22H36BN4O5P. The van der Waals surface area contributed by atoms with Gasteiger partial charge in [-0.25, -0.2) is 0 Å². The summed E-state index contributed by atoms with van der Waals surface area (Å²) in [7, 11) is -2.55. The summed E-state index contributed by atoms with van der Waals surface area (Å²) in [5.74, 6) is 0.610. The number of benzene rings is 1. The number of nitrogens with zero attached hydrogens (tertiary/aromatic N) is 4. The van der Waals surface area contributed by atoms with Crippen molar-refractivity contribution in [3.05, 3.63) is 40.3 Å². The Kier molecular flexibility index (Phi) is 12.7. The van der Waals surface area contributed by atoms with Gasteiger partial charge in [0.15, 0.2) is 0 Å². The van der Waals surface area contributed by atoms with Crippen LogP contribution in [0.1, 0.15) is 51.5 Å². The maximum atomic E-state index is 13.0. The summed E-state index contributed by atoms with van der Waals surface area (Å²) in [5, 5.41) is 3.69.